The molecule has 0 N–H and O–H groups in total. The zero-order valence-corrected chi connectivity index (χ0v) is 19.7. The van der Waals surface area contributed by atoms with Crippen LogP contribution in [0.1, 0.15) is 75.9 Å². The highest BCUT2D eigenvalue weighted by molar-refractivity contribution is 6.01. The van der Waals surface area contributed by atoms with Crippen LogP contribution in [0.2, 0.25) is 0 Å². The van der Waals surface area contributed by atoms with E-state index in [4.69, 9.17) is 4.42 Å². The van der Waals surface area contributed by atoms with Gasteiger partial charge in [0.1, 0.15) is 0 Å². The lowest BCUT2D eigenvalue weighted by Gasteiger charge is -2.44. The highest BCUT2D eigenvalue weighted by Gasteiger charge is 2.48. The normalized spacial score (nSPS) is 22.4. The largest absolute Gasteiger partial charge is 0.461 e. The van der Waals surface area contributed by atoms with Crippen LogP contribution in [-0.4, -0.2) is 11.6 Å². The Morgan fingerprint density at radius 3 is 2.50 bits per heavy atom. The van der Waals surface area contributed by atoms with Gasteiger partial charge in [0.05, 0.1) is 6.26 Å². The van der Waals surface area contributed by atoms with Gasteiger partial charge >= 0.3 is 0 Å². The van der Waals surface area contributed by atoms with Crippen LogP contribution in [0.4, 0.5) is 0 Å². The first-order valence-electron chi connectivity index (χ1n) is 11.6. The number of hydrogen-bond donors (Lipinski definition) is 0. The number of allylic oxidation sites excluding steroid dienone is 6. The molecule has 3 rings (SSSR count). The molecule has 32 heavy (non-hydrogen) atoms. The van der Waals surface area contributed by atoms with Crippen LogP contribution in [0.15, 0.2) is 88.1 Å². The maximum absolute atomic E-state index is 13.9. The second-order valence-electron chi connectivity index (χ2n) is 8.93. The van der Waals surface area contributed by atoms with Crippen molar-refractivity contribution in [1.29, 1.82) is 0 Å². The lowest BCUT2D eigenvalue weighted by molar-refractivity contribution is -0.123. The molecule has 2 unspecified atom stereocenters. The van der Waals surface area contributed by atoms with E-state index in [0.717, 1.165) is 36.0 Å². The Kier molecular flexibility index (Phi) is 7.84. The molecular weight excluding hydrogens is 396 g/mol. The maximum atomic E-state index is 13.9. The summed E-state index contributed by atoms with van der Waals surface area (Å²) in [6, 6.07) is 13.6. The van der Waals surface area contributed by atoms with E-state index in [9.17, 15) is 9.59 Å². The summed E-state index contributed by atoms with van der Waals surface area (Å²) in [6.45, 7) is 8.24. The molecule has 0 saturated heterocycles. The minimum absolute atomic E-state index is 0.0425. The first-order chi connectivity index (χ1) is 15.4. The van der Waals surface area contributed by atoms with E-state index in [1.165, 1.54) is 11.8 Å². The predicted octanol–water partition coefficient (Wildman–Crippen LogP) is 7.41. The van der Waals surface area contributed by atoms with Crippen molar-refractivity contribution < 1.29 is 14.0 Å². The predicted molar refractivity (Wildman–Crippen MR) is 130 cm³/mol. The molecule has 0 aliphatic heterocycles. The Bertz CT molecular complexity index is 1020. The minimum Gasteiger partial charge on any atom is -0.461 e. The van der Waals surface area contributed by atoms with E-state index >= 15 is 0 Å². The molecule has 3 heteroatoms. The fraction of sp³-hybridized carbons (Fsp3) is 0.379. The van der Waals surface area contributed by atoms with Crippen LogP contribution in [0, 0.1) is 5.92 Å². The molecule has 1 aromatic carbocycles. The molecule has 1 aliphatic carbocycles. The Balaban J connectivity index is 2.08. The monoisotopic (exact) mass is 430 g/mol. The van der Waals surface area contributed by atoms with E-state index in [2.05, 4.69) is 45.1 Å². The van der Waals surface area contributed by atoms with E-state index in [1.807, 2.05) is 31.2 Å². The van der Waals surface area contributed by atoms with E-state index in [0.29, 0.717) is 12.2 Å². The molecule has 0 bridgehead atoms. The Hall–Kier alpha value is -2.94. The molecule has 1 heterocycles. The molecule has 168 valence electrons. The van der Waals surface area contributed by atoms with Crippen LogP contribution < -0.4 is 0 Å². The summed E-state index contributed by atoms with van der Waals surface area (Å²) < 4.78 is 5.41. The fourth-order valence-corrected chi connectivity index (χ4v) is 4.94. The molecular formula is C29H34O3. The number of hydrogen-bond acceptors (Lipinski definition) is 3. The van der Waals surface area contributed by atoms with Gasteiger partial charge in [-0.1, -0.05) is 61.4 Å². The third-order valence-corrected chi connectivity index (χ3v) is 6.59. The third kappa shape index (κ3) is 4.93. The summed E-state index contributed by atoms with van der Waals surface area (Å²) in [5.74, 6) is 0.263. The van der Waals surface area contributed by atoms with E-state index in [-0.39, 0.29) is 23.9 Å². The number of furan rings is 1. The van der Waals surface area contributed by atoms with Crippen molar-refractivity contribution in [1.82, 2.24) is 0 Å². The van der Waals surface area contributed by atoms with Gasteiger partial charge in [-0.05, 0) is 75.0 Å². The highest BCUT2D eigenvalue weighted by Crippen LogP contribution is 2.49. The molecule has 0 amide bonds. The van der Waals surface area contributed by atoms with Crippen molar-refractivity contribution in [2.75, 3.05) is 0 Å². The van der Waals surface area contributed by atoms with Gasteiger partial charge in [-0.2, -0.15) is 0 Å². The van der Waals surface area contributed by atoms with E-state index < -0.39 is 5.41 Å². The zero-order valence-electron chi connectivity index (χ0n) is 19.7. The lowest BCUT2D eigenvalue weighted by Crippen LogP contribution is -2.45. The number of carbonyl (C=O) groups is 2. The molecule has 1 aromatic heterocycles. The summed E-state index contributed by atoms with van der Waals surface area (Å²) >= 11 is 0. The molecule has 1 aliphatic rings. The first-order valence-corrected chi connectivity index (χ1v) is 11.6. The van der Waals surface area contributed by atoms with E-state index in [1.54, 1.807) is 12.1 Å². The van der Waals surface area contributed by atoms with Gasteiger partial charge in [0.2, 0.25) is 0 Å². The van der Waals surface area contributed by atoms with Crippen molar-refractivity contribution in [3.05, 3.63) is 95.0 Å². The molecule has 0 spiro atoms. The Morgan fingerprint density at radius 2 is 1.91 bits per heavy atom. The summed E-state index contributed by atoms with van der Waals surface area (Å²) in [5.41, 5.74) is 3.69. The summed E-state index contributed by atoms with van der Waals surface area (Å²) in [4.78, 5) is 27.1. The first kappa shape index (κ1) is 23.7. The number of Topliss-reactive ketones (excluding diaryl/α,β-unsaturated/α-hetero) is 2. The number of benzene rings is 1. The average Bonchev–Trinajstić information content (AvgIpc) is 3.33. The number of carbonyl (C=O) groups excluding carboxylic acids is 2. The van der Waals surface area contributed by atoms with Gasteiger partial charge in [-0.25, -0.2) is 0 Å². The quantitative estimate of drug-likeness (QED) is 0.249. The molecule has 1 saturated carbocycles. The lowest BCUT2D eigenvalue weighted by atomic mass is 9.57. The maximum Gasteiger partial charge on any atom is 0.198 e. The molecule has 1 fully saturated rings. The van der Waals surface area contributed by atoms with Crippen molar-refractivity contribution >= 4 is 11.6 Å². The molecule has 3 nitrogen and oxygen atoms in total. The van der Waals surface area contributed by atoms with Gasteiger partial charge in [-0.15, -0.1) is 0 Å². The van der Waals surface area contributed by atoms with Crippen molar-refractivity contribution in [3.8, 4) is 0 Å². The van der Waals surface area contributed by atoms with Gasteiger partial charge < -0.3 is 4.42 Å². The smallest absolute Gasteiger partial charge is 0.198 e. The highest BCUT2D eigenvalue weighted by atomic mass is 16.3. The van der Waals surface area contributed by atoms with Gasteiger partial charge in [0, 0.05) is 17.8 Å². The second-order valence-corrected chi connectivity index (χ2v) is 8.93. The van der Waals surface area contributed by atoms with Crippen molar-refractivity contribution in [2.45, 2.75) is 65.2 Å². The molecule has 2 aromatic rings. The standard InChI is InChI=1S/C29H34O3/c1-5-11-22(21(3)4)19-23-16-17-29(24-13-8-7-9-14-24,25(12-6-2)28(23)31)20-26(30)27-15-10-18-32-27/h5,7-11,13-15,18-19,25H,6,12,16-17,20H2,1-4H3. The fourth-order valence-electron chi connectivity index (χ4n) is 4.94. The third-order valence-electron chi connectivity index (χ3n) is 6.59. The number of rotatable bonds is 8. The second kappa shape index (κ2) is 10.6. The summed E-state index contributed by atoms with van der Waals surface area (Å²) in [6.07, 6.45) is 11.0. The van der Waals surface area contributed by atoms with Gasteiger partial charge in [0.15, 0.2) is 17.3 Å². The van der Waals surface area contributed by atoms with Crippen molar-refractivity contribution in [3.63, 3.8) is 0 Å². The summed E-state index contributed by atoms with van der Waals surface area (Å²) in [5, 5.41) is 0. The average molecular weight is 431 g/mol. The van der Waals surface area contributed by atoms with Crippen LogP contribution in [0.25, 0.3) is 0 Å². The van der Waals surface area contributed by atoms with Crippen LogP contribution in [0.5, 0.6) is 0 Å². The topological polar surface area (TPSA) is 47.3 Å². The molecule has 2 atom stereocenters. The zero-order chi connectivity index (χ0) is 23.1. The SMILES string of the molecule is CC=CC(C=C1CCC(CC(=O)c2ccco2)(c2ccccc2)C(CCC)C1=O)=C(C)C. The van der Waals surface area contributed by atoms with Gasteiger partial charge in [0.25, 0.3) is 0 Å². The van der Waals surface area contributed by atoms with Gasteiger partial charge in [-0.3, -0.25) is 9.59 Å². The Morgan fingerprint density at radius 1 is 1.16 bits per heavy atom. The number of ketones is 2. The van der Waals surface area contributed by atoms with Crippen LogP contribution in [-0.2, 0) is 10.2 Å². The minimum atomic E-state index is -0.526. The molecule has 0 radical (unpaired) electrons. The van der Waals surface area contributed by atoms with Crippen molar-refractivity contribution in [2.24, 2.45) is 5.92 Å². The van der Waals surface area contributed by atoms with Crippen LogP contribution in [0.3, 0.4) is 0 Å². The Labute approximate surface area is 191 Å². The van der Waals surface area contributed by atoms with Crippen LogP contribution >= 0.6 is 0 Å². The summed E-state index contributed by atoms with van der Waals surface area (Å²) in [7, 11) is 0.